The van der Waals surface area contributed by atoms with E-state index in [2.05, 4.69) is 287 Å². The molecule has 4 atom stereocenters. The minimum absolute atomic E-state index is 0.0162. The molecule has 0 saturated carbocycles. The molecular formula is C73H106BN3O. The third-order valence-electron chi connectivity index (χ3n) is 16.7. The second-order valence-electron chi connectivity index (χ2n) is 27.2. The van der Waals surface area contributed by atoms with Gasteiger partial charge in [0, 0.05) is 41.0 Å². The lowest BCUT2D eigenvalue weighted by atomic mass is 9.36. The van der Waals surface area contributed by atoms with Crippen molar-refractivity contribution in [2.24, 2.45) is 34.0 Å². The molecule has 2 N–H and O–H groups in total. The Morgan fingerprint density at radius 3 is 1.94 bits per heavy atom. The fourth-order valence-corrected chi connectivity index (χ4v) is 10.7. The average Bonchev–Trinajstić information content (AvgIpc) is 3.86. The Kier molecular flexibility index (Phi) is 22.9. The van der Waals surface area contributed by atoms with Gasteiger partial charge >= 0.3 is 0 Å². The number of anilines is 2. The molecule has 0 fully saturated rings. The van der Waals surface area contributed by atoms with Crippen molar-refractivity contribution < 1.29 is 4.42 Å². The summed E-state index contributed by atoms with van der Waals surface area (Å²) in [7, 11) is 0. The number of nitrogens with one attached hydrogen (secondary N) is 2. The minimum Gasteiger partial charge on any atom is -0.470 e. The van der Waals surface area contributed by atoms with E-state index in [0.29, 0.717) is 30.1 Å². The first-order valence-corrected chi connectivity index (χ1v) is 30.1. The first-order chi connectivity index (χ1) is 36.7. The average molecular weight is 1050 g/mol. The minimum atomic E-state index is -0.271. The van der Waals surface area contributed by atoms with Gasteiger partial charge in [-0.3, -0.25) is 0 Å². The van der Waals surface area contributed by atoms with Crippen LogP contribution >= 0.6 is 0 Å². The number of unbranched alkanes of at least 4 members (excludes halogenated alkanes) is 1. The van der Waals surface area contributed by atoms with Crippen LogP contribution in [0.4, 0.5) is 11.4 Å². The number of allylic oxidation sites excluding steroid dienone is 8. The van der Waals surface area contributed by atoms with E-state index in [-0.39, 0.29) is 46.4 Å². The van der Waals surface area contributed by atoms with Gasteiger partial charge in [-0.15, -0.1) is 6.58 Å². The molecule has 5 rings (SSSR count). The zero-order valence-electron chi connectivity index (χ0n) is 52.3. The van der Waals surface area contributed by atoms with Gasteiger partial charge in [0.2, 0.25) is 0 Å². The number of hydrogen-bond acceptors (Lipinski definition) is 4. The van der Waals surface area contributed by atoms with Gasteiger partial charge in [0.1, 0.15) is 5.58 Å². The molecule has 1 aromatic heterocycles. The summed E-state index contributed by atoms with van der Waals surface area (Å²) in [5.74, 6) is 1.89. The lowest BCUT2D eigenvalue weighted by Gasteiger charge is -2.33. The van der Waals surface area contributed by atoms with E-state index in [9.17, 15) is 0 Å². The topological polar surface area (TPSA) is 40.4 Å². The van der Waals surface area contributed by atoms with Gasteiger partial charge in [-0.1, -0.05) is 228 Å². The number of fused-ring (bicyclic) bond motifs is 1. The van der Waals surface area contributed by atoms with E-state index >= 15 is 0 Å². The van der Waals surface area contributed by atoms with E-state index in [1.807, 2.05) is 0 Å². The fraction of sp³-hybridized carbons (Fsp3) is 0.507. The Labute approximate surface area is 478 Å². The van der Waals surface area contributed by atoms with E-state index in [1.54, 1.807) is 0 Å². The molecular weight excluding hydrogens is 946 g/mol. The normalized spacial score (nSPS) is 19.1. The largest absolute Gasteiger partial charge is 0.470 e. The molecule has 0 aliphatic heterocycles. The maximum atomic E-state index is 7.23. The van der Waals surface area contributed by atoms with Crippen LogP contribution in [0.5, 0.6) is 0 Å². The molecule has 1 aliphatic carbocycles. The van der Waals surface area contributed by atoms with Crippen molar-refractivity contribution >= 4 is 34.7 Å². The lowest BCUT2D eigenvalue weighted by Crippen LogP contribution is -2.45. The van der Waals surface area contributed by atoms with Crippen LogP contribution in [0.25, 0.3) is 11.0 Å². The summed E-state index contributed by atoms with van der Waals surface area (Å²) >= 11 is 0. The first-order valence-electron chi connectivity index (χ1n) is 30.1. The summed E-state index contributed by atoms with van der Waals surface area (Å²) in [5.41, 5.74) is 11.6. The fourth-order valence-electron chi connectivity index (χ4n) is 10.7. The van der Waals surface area contributed by atoms with Gasteiger partial charge in [0.25, 0.3) is 6.71 Å². The Hall–Kier alpha value is -5.42. The Balaban J connectivity index is 1.84. The number of benzene rings is 3. The molecule has 0 radical (unpaired) electrons. The van der Waals surface area contributed by atoms with E-state index in [1.165, 1.54) is 46.9 Å². The van der Waals surface area contributed by atoms with Crippen molar-refractivity contribution in [1.29, 1.82) is 0 Å². The molecule has 1 heterocycles. The molecule has 4 aromatic rings. The quantitative estimate of drug-likeness (QED) is 0.0394. The highest BCUT2D eigenvalue weighted by Gasteiger charge is 2.35. The Morgan fingerprint density at radius 2 is 1.41 bits per heavy atom. The Bertz CT molecular complexity index is 2670. The van der Waals surface area contributed by atoms with Crippen molar-refractivity contribution in [3.05, 3.63) is 186 Å². The summed E-state index contributed by atoms with van der Waals surface area (Å²) in [6.07, 6.45) is 34.3. The van der Waals surface area contributed by atoms with Crippen molar-refractivity contribution in [2.45, 2.75) is 205 Å². The molecule has 1 aliphatic rings. The van der Waals surface area contributed by atoms with Gasteiger partial charge in [0.05, 0.1) is 5.66 Å². The smallest absolute Gasteiger partial charge is 0.286 e. The number of hydrogen-bond donors (Lipinski definition) is 2. The van der Waals surface area contributed by atoms with E-state index < -0.39 is 0 Å². The third-order valence-corrected chi connectivity index (χ3v) is 16.7. The zero-order chi connectivity index (χ0) is 57.6. The summed E-state index contributed by atoms with van der Waals surface area (Å²) < 4.78 is 7.23. The molecule has 422 valence electrons. The molecule has 0 saturated heterocycles. The van der Waals surface area contributed by atoms with Crippen LogP contribution in [0.2, 0.25) is 0 Å². The van der Waals surface area contributed by atoms with Gasteiger partial charge < -0.3 is 20.0 Å². The van der Waals surface area contributed by atoms with E-state index in [0.717, 1.165) is 59.4 Å². The van der Waals surface area contributed by atoms with Crippen molar-refractivity contribution in [1.82, 2.24) is 10.6 Å². The highest BCUT2D eigenvalue weighted by molar-refractivity contribution is 6.86. The number of nitrogens with zero attached hydrogens (tertiary/aromatic N) is 1. The molecule has 0 amide bonds. The second-order valence-corrected chi connectivity index (χ2v) is 27.2. The summed E-state index contributed by atoms with van der Waals surface area (Å²) in [4.78, 5) is 2.38. The van der Waals surface area contributed by atoms with E-state index in [4.69, 9.17) is 11.0 Å². The van der Waals surface area contributed by atoms with Crippen molar-refractivity contribution in [2.75, 3.05) is 4.90 Å². The summed E-state index contributed by atoms with van der Waals surface area (Å²) in [6, 6.07) is 27.1. The summed E-state index contributed by atoms with van der Waals surface area (Å²) in [5, 5.41) is 9.36. The van der Waals surface area contributed by atoms with Crippen LogP contribution in [-0.2, 0) is 5.41 Å². The maximum Gasteiger partial charge on any atom is 0.286 e. The highest BCUT2D eigenvalue weighted by atomic mass is 16.3. The van der Waals surface area contributed by atoms with Crippen molar-refractivity contribution in [3.63, 3.8) is 0 Å². The van der Waals surface area contributed by atoms with Crippen LogP contribution in [0, 0.1) is 34.0 Å². The van der Waals surface area contributed by atoms with Crippen LogP contribution in [0.1, 0.15) is 205 Å². The van der Waals surface area contributed by atoms with Crippen LogP contribution < -0.4 is 21.2 Å². The molecule has 4 unspecified atom stereocenters. The van der Waals surface area contributed by atoms with Gasteiger partial charge in [-0.2, -0.15) is 0 Å². The molecule has 78 heavy (non-hydrogen) atoms. The molecule has 0 bridgehead atoms. The van der Waals surface area contributed by atoms with Gasteiger partial charge in [0.15, 0.2) is 0 Å². The lowest BCUT2D eigenvalue weighted by molar-refractivity contribution is 0.325. The number of furan rings is 1. The number of rotatable bonds is 25. The molecule has 5 heteroatoms. The highest BCUT2D eigenvalue weighted by Crippen LogP contribution is 2.38. The molecule has 3 aromatic carbocycles. The summed E-state index contributed by atoms with van der Waals surface area (Å²) in [6.45, 7) is 50.7. The predicted molar refractivity (Wildman–Crippen MR) is 347 cm³/mol. The maximum absolute atomic E-state index is 7.23. The van der Waals surface area contributed by atoms with Crippen LogP contribution in [0.3, 0.4) is 0 Å². The van der Waals surface area contributed by atoms with Gasteiger partial charge in [-0.25, -0.2) is 0 Å². The Morgan fingerprint density at radius 1 is 0.821 bits per heavy atom. The van der Waals surface area contributed by atoms with Crippen LogP contribution in [0.15, 0.2) is 174 Å². The second kappa shape index (κ2) is 28.1. The molecule has 4 nitrogen and oxygen atoms in total. The third kappa shape index (κ3) is 18.3. The van der Waals surface area contributed by atoms with Crippen LogP contribution in [-0.4, -0.2) is 18.8 Å². The first kappa shape index (κ1) is 63.4. The SMILES string of the molecule is C=CC(C/C=C/NC(CC(=C)N(c1ccc(C(C)C)cc1)c1ccc(C(C)C)cc1)/C(=C/NC1/C=C/C(C)(C)CCC(C)(C)/C=C/C1C)B(C(/C=C\CC(C)(C)CCCC)=C/C)c1cc2cc(C(C)(C)C)ccc2o1)C(C)C. The standard InChI is InChI=1S/C73H106BN3O/c1-21-24-41-71(15,16)42-25-28-62(23-3)74(69-50-60-49-61(70(12,13)14)33-38-68(60)78-69)65(51-76-66-40-44-73(19,20)46-45-72(17,18)43-39-55(66)10)67(75-47-26-27-57(22-2)52(4)5)48-56(11)77(63-34-29-58(30-35-63)53(6)7)64-36-31-59(32-37-64)54(8)9/h22-23,25-26,28-40,43-44,47,49-55,57,66-67,75-76H,2,11,21,24,27,41-42,45-46,48H2,1,3-10,12-20H3/b28-25-,43-39+,44-40+,47-26+,62-23+,65-51-. The zero-order valence-corrected chi connectivity index (χ0v) is 52.3. The molecule has 0 spiro atoms. The predicted octanol–water partition coefficient (Wildman–Crippen LogP) is 20.4. The van der Waals surface area contributed by atoms with Crippen molar-refractivity contribution in [3.8, 4) is 0 Å². The monoisotopic (exact) mass is 1050 g/mol. The van der Waals surface area contributed by atoms with Gasteiger partial charge in [-0.05, 0) is 167 Å².